The Morgan fingerprint density at radius 3 is 3.14 bits per heavy atom. The van der Waals surface area contributed by atoms with Crippen molar-refractivity contribution in [3.8, 4) is 0 Å². The van der Waals surface area contributed by atoms with E-state index in [4.69, 9.17) is 11.6 Å². The number of aromatic nitrogens is 2. The van der Waals surface area contributed by atoms with Crippen molar-refractivity contribution in [1.29, 1.82) is 0 Å². The number of rotatable bonds is 3. The first kappa shape index (κ1) is 14.5. The van der Waals surface area contributed by atoms with Crippen molar-refractivity contribution in [3.63, 3.8) is 0 Å². The molecular weight excluding hydrogens is 336 g/mol. The number of hydrazone groups is 1. The third-order valence-electron chi connectivity index (χ3n) is 3.22. The Kier molecular flexibility index (Phi) is 3.72. The van der Waals surface area contributed by atoms with Gasteiger partial charge in [0.15, 0.2) is 20.0 Å². The molecule has 0 spiro atoms. The molecule has 1 amide bonds. The van der Waals surface area contributed by atoms with Crippen LogP contribution in [0.3, 0.4) is 0 Å². The monoisotopic (exact) mass is 346 g/mol. The lowest BCUT2D eigenvalue weighted by Gasteiger charge is -2.04. The quantitative estimate of drug-likeness (QED) is 0.661. The van der Waals surface area contributed by atoms with E-state index in [9.17, 15) is 13.2 Å². The molecule has 0 aromatic carbocycles. The van der Waals surface area contributed by atoms with Crippen LogP contribution in [0, 0.1) is 5.92 Å². The predicted octanol–water partition coefficient (Wildman–Crippen LogP) is 0.934. The Hall–Kier alpha value is -1.45. The van der Waals surface area contributed by atoms with Gasteiger partial charge in [0.05, 0.1) is 23.6 Å². The Morgan fingerprint density at radius 2 is 2.43 bits per heavy atom. The number of nitrogens with zero attached hydrogens (tertiary/aromatic N) is 3. The molecule has 3 heterocycles. The molecule has 0 saturated carbocycles. The molecule has 10 heteroatoms. The molecular formula is C11H11ClN4O3S2. The normalized spacial score (nSPS) is 21.3. The van der Waals surface area contributed by atoms with Gasteiger partial charge in [-0.3, -0.25) is 9.20 Å². The number of hydrogen-bond donors (Lipinski definition) is 1. The van der Waals surface area contributed by atoms with Gasteiger partial charge in [-0.15, -0.1) is 11.3 Å². The summed E-state index contributed by atoms with van der Waals surface area (Å²) < 4.78 is 24.4. The second-order valence-corrected chi connectivity index (χ2v) is 8.14. The van der Waals surface area contributed by atoms with Gasteiger partial charge in [0.25, 0.3) is 0 Å². The highest BCUT2D eigenvalue weighted by molar-refractivity contribution is 7.91. The summed E-state index contributed by atoms with van der Waals surface area (Å²) >= 11 is 7.41. The molecule has 3 rings (SSSR count). The summed E-state index contributed by atoms with van der Waals surface area (Å²) in [6.45, 7) is 0. The SMILES string of the molecule is O=C(N/N=C\c1c(Cl)nc2sccn12)[C@@H]1CCS(=O)(=O)C1. The molecule has 7 nitrogen and oxygen atoms in total. The van der Waals surface area contributed by atoms with Crippen LogP contribution in [0.25, 0.3) is 4.96 Å². The molecule has 0 radical (unpaired) electrons. The molecule has 1 atom stereocenters. The topological polar surface area (TPSA) is 92.9 Å². The fourth-order valence-electron chi connectivity index (χ4n) is 2.14. The first-order valence-corrected chi connectivity index (χ1v) is 9.18. The van der Waals surface area contributed by atoms with Gasteiger partial charge < -0.3 is 0 Å². The van der Waals surface area contributed by atoms with Crippen molar-refractivity contribution >= 4 is 49.9 Å². The Labute approximate surface area is 129 Å². The molecule has 1 fully saturated rings. The number of carbonyl (C=O) groups is 1. The Morgan fingerprint density at radius 1 is 1.62 bits per heavy atom. The van der Waals surface area contributed by atoms with E-state index < -0.39 is 21.7 Å². The number of halogens is 1. The van der Waals surface area contributed by atoms with Crippen LogP contribution in [0.2, 0.25) is 5.15 Å². The molecule has 1 N–H and O–H groups in total. The van der Waals surface area contributed by atoms with E-state index in [0.29, 0.717) is 17.3 Å². The van der Waals surface area contributed by atoms with Crippen LogP contribution in [-0.4, -0.2) is 41.4 Å². The summed E-state index contributed by atoms with van der Waals surface area (Å²) in [6.07, 6.45) is 3.54. The van der Waals surface area contributed by atoms with Gasteiger partial charge in [0, 0.05) is 11.6 Å². The van der Waals surface area contributed by atoms with E-state index in [0.717, 1.165) is 4.96 Å². The number of thiazole rings is 1. The zero-order valence-electron chi connectivity index (χ0n) is 10.7. The summed E-state index contributed by atoms with van der Waals surface area (Å²) in [7, 11) is -3.08. The van der Waals surface area contributed by atoms with Gasteiger partial charge in [-0.05, 0) is 6.42 Å². The maximum Gasteiger partial charge on any atom is 0.244 e. The first-order chi connectivity index (χ1) is 9.96. The second-order valence-electron chi connectivity index (χ2n) is 4.68. The van der Waals surface area contributed by atoms with Crippen LogP contribution in [0.4, 0.5) is 0 Å². The van der Waals surface area contributed by atoms with Crippen molar-refractivity contribution in [2.75, 3.05) is 11.5 Å². The second kappa shape index (κ2) is 5.39. The fourth-order valence-corrected chi connectivity index (χ4v) is 4.87. The average molecular weight is 347 g/mol. The molecule has 1 saturated heterocycles. The van der Waals surface area contributed by atoms with Crippen molar-refractivity contribution < 1.29 is 13.2 Å². The number of fused-ring (bicyclic) bond motifs is 1. The number of hydrogen-bond acceptors (Lipinski definition) is 6. The third kappa shape index (κ3) is 2.94. The first-order valence-electron chi connectivity index (χ1n) is 6.11. The van der Waals surface area contributed by atoms with E-state index >= 15 is 0 Å². The van der Waals surface area contributed by atoms with Crippen molar-refractivity contribution in [3.05, 3.63) is 22.4 Å². The molecule has 0 bridgehead atoms. The molecule has 112 valence electrons. The average Bonchev–Trinajstić information content (AvgIpc) is 3.06. The van der Waals surface area contributed by atoms with Gasteiger partial charge in [0.2, 0.25) is 5.91 Å². The number of nitrogens with one attached hydrogen (secondary N) is 1. The fraction of sp³-hybridized carbons (Fsp3) is 0.364. The van der Waals surface area contributed by atoms with Crippen molar-refractivity contribution in [2.24, 2.45) is 11.0 Å². The maximum absolute atomic E-state index is 11.8. The summed E-state index contributed by atoms with van der Waals surface area (Å²) in [4.78, 5) is 16.7. The summed E-state index contributed by atoms with van der Waals surface area (Å²) in [5.74, 6) is -0.987. The standard InChI is InChI=1S/C11H11ClN4O3S2/c12-9-8(16-2-3-20-11(16)14-9)5-13-15-10(17)7-1-4-21(18,19)6-7/h2-3,5,7H,1,4,6H2,(H,15,17)/b13-5-/t7-/m1/s1. The van der Waals surface area contributed by atoms with E-state index in [1.807, 2.05) is 5.38 Å². The van der Waals surface area contributed by atoms with Gasteiger partial charge in [0.1, 0.15) is 5.69 Å². The third-order valence-corrected chi connectivity index (χ3v) is 6.02. The molecule has 2 aromatic heterocycles. The van der Waals surface area contributed by atoms with E-state index in [1.54, 1.807) is 10.6 Å². The summed E-state index contributed by atoms with van der Waals surface area (Å²) in [5.41, 5.74) is 2.92. The van der Waals surface area contributed by atoms with Crippen LogP contribution in [0.15, 0.2) is 16.7 Å². The number of imidazole rings is 1. The number of sulfone groups is 1. The lowest BCUT2D eigenvalue weighted by molar-refractivity contribution is -0.124. The van der Waals surface area contributed by atoms with Crippen LogP contribution in [-0.2, 0) is 14.6 Å². The summed E-state index contributed by atoms with van der Waals surface area (Å²) in [5, 5.41) is 5.99. The van der Waals surface area contributed by atoms with Gasteiger partial charge in [-0.2, -0.15) is 5.10 Å². The molecule has 0 unspecified atom stereocenters. The maximum atomic E-state index is 11.8. The van der Waals surface area contributed by atoms with Crippen LogP contribution in [0.5, 0.6) is 0 Å². The predicted molar refractivity (Wildman–Crippen MR) is 80.6 cm³/mol. The largest absolute Gasteiger partial charge is 0.288 e. The highest BCUT2D eigenvalue weighted by Crippen LogP contribution is 2.20. The zero-order chi connectivity index (χ0) is 15.0. The van der Waals surface area contributed by atoms with Crippen molar-refractivity contribution in [1.82, 2.24) is 14.8 Å². The minimum absolute atomic E-state index is 0.0543. The minimum Gasteiger partial charge on any atom is -0.288 e. The molecule has 2 aromatic rings. The molecule has 1 aliphatic heterocycles. The van der Waals surface area contributed by atoms with E-state index in [-0.39, 0.29) is 11.5 Å². The Balaban J connectivity index is 1.68. The molecule has 0 aliphatic carbocycles. The van der Waals surface area contributed by atoms with Crippen LogP contribution in [0.1, 0.15) is 12.1 Å². The molecule has 21 heavy (non-hydrogen) atoms. The van der Waals surface area contributed by atoms with Gasteiger partial charge >= 0.3 is 0 Å². The smallest absolute Gasteiger partial charge is 0.244 e. The van der Waals surface area contributed by atoms with E-state index in [2.05, 4.69) is 15.5 Å². The molecule has 1 aliphatic rings. The highest BCUT2D eigenvalue weighted by Gasteiger charge is 2.32. The Bertz CT molecular complexity index is 824. The summed E-state index contributed by atoms with van der Waals surface area (Å²) in [6, 6.07) is 0. The zero-order valence-corrected chi connectivity index (χ0v) is 13.1. The van der Waals surface area contributed by atoms with Gasteiger partial charge in [-0.25, -0.2) is 18.8 Å². The number of carbonyl (C=O) groups excluding carboxylic acids is 1. The minimum atomic E-state index is -3.08. The van der Waals surface area contributed by atoms with Gasteiger partial charge in [-0.1, -0.05) is 11.6 Å². The van der Waals surface area contributed by atoms with E-state index in [1.165, 1.54) is 17.6 Å². The van der Waals surface area contributed by atoms with Crippen molar-refractivity contribution in [2.45, 2.75) is 6.42 Å². The lowest BCUT2D eigenvalue weighted by atomic mass is 10.1. The van der Waals surface area contributed by atoms with Crippen LogP contribution < -0.4 is 5.43 Å². The highest BCUT2D eigenvalue weighted by atomic mass is 35.5. The van der Waals surface area contributed by atoms with Crippen LogP contribution >= 0.6 is 22.9 Å². The lowest BCUT2D eigenvalue weighted by Crippen LogP contribution is -2.27. The number of amides is 1.